The Kier molecular flexibility index (Phi) is 3.81. The van der Waals surface area contributed by atoms with Crippen LogP contribution in [0.5, 0.6) is 0 Å². The lowest BCUT2D eigenvalue weighted by Gasteiger charge is -2.27. The average Bonchev–Trinajstić information content (AvgIpc) is 2.38. The van der Waals surface area contributed by atoms with E-state index in [1.807, 2.05) is 19.9 Å². The van der Waals surface area contributed by atoms with Crippen LogP contribution in [0.15, 0.2) is 12.1 Å². The van der Waals surface area contributed by atoms with Crippen molar-refractivity contribution < 1.29 is 9.53 Å². The highest BCUT2D eigenvalue weighted by Gasteiger charge is 2.19. The molecule has 1 aliphatic rings. The minimum atomic E-state index is 0.00861. The van der Waals surface area contributed by atoms with Gasteiger partial charge in [0.05, 0.1) is 13.2 Å². The number of morpholine rings is 1. The highest BCUT2D eigenvalue weighted by atomic mass is 16.5. The van der Waals surface area contributed by atoms with E-state index in [2.05, 4.69) is 4.98 Å². The second kappa shape index (κ2) is 5.35. The Labute approximate surface area is 107 Å². The predicted octanol–water partition coefficient (Wildman–Crippen LogP) is 1.26. The molecule has 0 aliphatic carbocycles. The van der Waals surface area contributed by atoms with Gasteiger partial charge in [0.1, 0.15) is 5.82 Å². The van der Waals surface area contributed by atoms with Crippen LogP contribution in [0.4, 0.5) is 5.82 Å². The number of aromatic nitrogens is 1. The molecule has 18 heavy (non-hydrogen) atoms. The van der Waals surface area contributed by atoms with E-state index < -0.39 is 0 Å². The monoisotopic (exact) mass is 249 g/mol. The summed E-state index contributed by atoms with van der Waals surface area (Å²) in [7, 11) is 0. The Bertz CT molecular complexity index is 440. The van der Waals surface area contributed by atoms with Crippen molar-refractivity contribution in [2.24, 2.45) is 0 Å². The molecule has 98 valence electrons. The first-order chi connectivity index (χ1) is 8.58. The van der Waals surface area contributed by atoms with Crippen molar-refractivity contribution in [3.8, 4) is 0 Å². The minimum Gasteiger partial charge on any atom is -0.384 e. The summed E-state index contributed by atoms with van der Waals surface area (Å²) in [5.41, 5.74) is 7.23. The van der Waals surface area contributed by atoms with Crippen molar-refractivity contribution in [3.63, 3.8) is 0 Å². The van der Waals surface area contributed by atoms with Gasteiger partial charge in [-0.2, -0.15) is 0 Å². The summed E-state index contributed by atoms with van der Waals surface area (Å²) in [6.45, 7) is 6.54. The molecule has 0 spiro atoms. The second-order valence-corrected chi connectivity index (χ2v) is 4.76. The van der Waals surface area contributed by atoms with Crippen LogP contribution >= 0.6 is 0 Å². The third kappa shape index (κ3) is 2.79. The fraction of sp³-hybridized carbons (Fsp3) is 0.538. The lowest BCUT2D eigenvalue weighted by atomic mass is 10.1. The number of nitrogen functional groups attached to an aromatic ring is 1. The zero-order chi connectivity index (χ0) is 13.1. The fourth-order valence-electron chi connectivity index (χ4n) is 1.94. The molecule has 2 N–H and O–H groups in total. The Morgan fingerprint density at radius 2 is 2.06 bits per heavy atom. The smallest absolute Gasteiger partial charge is 0.254 e. The molecular formula is C13H19N3O2. The van der Waals surface area contributed by atoms with Crippen molar-refractivity contribution in [2.75, 3.05) is 32.0 Å². The number of nitrogens with two attached hydrogens (primary N) is 1. The van der Waals surface area contributed by atoms with Crippen LogP contribution in [0.2, 0.25) is 0 Å². The van der Waals surface area contributed by atoms with Gasteiger partial charge in [0.2, 0.25) is 0 Å². The van der Waals surface area contributed by atoms with Crippen molar-refractivity contribution in [1.82, 2.24) is 9.88 Å². The van der Waals surface area contributed by atoms with E-state index in [1.54, 1.807) is 11.0 Å². The zero-order valence-corrected chi connectivity index (χ0v) is 10.8. The van der Waals surface area contributed by atoms with E-state index >= 15 is 0 Å². The summed E-state index contributed by atoms with van der Waals surface area (Å²) in [6, 6.07) is 3.47. The molecule has 1 saturated heterocycles. The maximum Gasteiger partial charge on any atom is 0.254 e. The molecule has 5 nitrogen and oxygen atoms in total. The molecule has 1 aromatic rings. The van der Waals surface area contributed by atoms with E-state index in [9.17, 15) is 4.79 Å². The summed E-state index contributed by atoms with van der Waals surface area (Å²) < 4.78 is 5.24. The molecule has 2 heterocycles. The van der Waals surface area contributed by atoms with Gasteiger partial charge in [-0.15, -0.1) is 0 Å². The number of pyridine rings is 1. The number of nitrogens with zero attached hydrogens (tertiary/aromatic N) is 2. The van der Waals surface area contributed by atoms with Gasteiger partial charge in [0.15, 0.2) is 0 Å². The molecule has 2 rings (SSSR count). The van der Waals surface area contributed by atoms with Crippen LogP contribution < -0.4 is 5.73 Å². The summed E-state index contributed by atoms with van der Waals surface area (Å²) >= 11 is 0. The van der Waals surface area contributed by atoms with Gasteiger partial charge in [-0.05, 0) is 18.1 Å². The number of carbonyl (C=O) groups is 1. The molecule has 0 unspecified atom stereocenters. The number of anilines is 1. The average molecular weight is 249 g/mol. The summed E-state index contributed by atoms with van der Waals surface area (Å²) in [6.07, 6.45) is 0. The molecule has 5 heteroatoms. The molecule has 1 aromatic heterocycles. The number of hydrogen-bond donors (Lipinski definition) is 1. The van der Waals surface area contributed by atoms with Crippen LogP contribution in [-0.2, 0) is 4.74 Å². The molecule has 1 aliphatic heterocycles. The van der Waals surface area contributed by atoms with Crippen LogP contribution in [-0.4, -0.2) is 42.1 Å². The fourth-order valence-corrected chi connectivity index (χ4v) is 1.94. The van der Waals surface area contributed by atoms with Crippen molar-refractivity contribution in [1.29, 1.82) is 0 Å². The summed E-state index contributed by atoms with van der Waals surface area (Å²) in [4.78, 5) is 18.4. The third-order valence-electron chi connectivity index (χ3n) is 3.00. The van der Waals surface area contributed by atoms with Gasteiger partial charge in [-0.25, -0.2) is 4.98 Å². The van der Waals surface area contributed by atoms with Crippen LogP contribution in [0.25, 0.3) is 0 Å². The normalized spacial score (nSPS) is 16.1. The number of carbonyl (C=O) groups excluding carboxylic acids is 1. The number of amides is 1. The standard InChI is InChI=1S/C13H19N3O2/c1-9(2)11-7-10(8-12(14)15-11)13(17)16-3-5-18-6-4-16/h7-9H,3-6H2,1-2H3,(H2,14,15). The Hall–Kier alpha value is -1.62. The molecule has 0 bridgehead atoms. The van der Waals surface area contributed by atoms with Crippen molar-refractivity contribution in [3.05, 3.63) is 23.4 Å². The maximum absolute atomic E-state index is 12.3. The van der Waals surface area contributed by atoms with Gasteiger partial charge < -0.3 is 15.4 Å². The minimum absolute atomic E-state index is 0.00861. The predicted molar refractivity (Wildman–Crippen MR) is 69.5 cm³/mol. The van der Waals surface area contributed by atoms with E-state index in [-0.39, 0.29) is 11.8 Å². The number of rotatable bonds is 2. The van der Waals surface area contributed by atoms with Gasteiger partial charge in [0.25, 0.3) is 5.91 Å². The molecule has 0 radical (unpaired) electrons. The lowest BCUT2D eigenvalue weighted by molar-refractivity contribution is 0.0303. The summed E-state index contributed by atoms with van der Waals surface area (Å²) in [5, 5.41) is 0. The van der Waals surface area contributed by atoms with Gasteiger partial charge >= 0.3 is 0 Å². The molecular weight excluding hydrogens is 230 g/mol. The van der Waals surface area contributed by atoms with E-state index in [0.717, 1.165) is 5.69 Å². The number of hydrogen-bond acceptors (Lipinski definition) is 4. The second-order valence-electron chi connectivity index (χ2n) is 4.76. The third-order valence-corrected chi connectivity index (χ3v) is 3.00. The van der Waals surface area contributed by atoms with Gasteiger partial charge in [0, 0.05) is 24.3 Å². The molecule has 0 saturated carbocycles. The highest BCUT2D eigenvalue weighted by molar-refractivity contribution is 5.95. The van der Waals surface area contributed by atoms with Crippen LogP contribution in [0.1, 0.15) is 35.8 Å². The lowest BCUT2D eigenvalue weighted by Crippen LogP contribution is -2.40. The quantitative estimate of drug-likeness (QED) is 0.856. The first-order valence-corrected chi connectivity index (χ1v) is 6.22. The first kappa shape index (κ1) is 12.8. The van der Waals surface area contributed by atoms with Crippen LogP contribution in [0, 0.1) is 0 Å². The Morgan fingerprint density at radius 3 is 2.67 bits per heavy atom. The molecule has 1 amide bonds. The number of ether oxygens (including phenoxy) is 1. The summed E-state index contributed by atoms with van der Waals surface area (Å²) in [5.74, 6) is 0.664. The SMILES string of the molecule is CC(C)c1cc(C(=O)N2CCOCC2)cc(N)n1. The Balaban J connectivity index is 2.23. The zero-order valence-electron chi connectivity index (χ0n) is 10.8. The van der Waals surface area contributed by atoms with Crippen molar-refractivity contribution >= 4 is 11.7 Å². The molecule has 0 atom stereocenters. The van der Waals surface area contributed by atoms with E-state index in [0.29, 0.717) is 37.7 Å². The van der Waals surface area contributed by atoms with Gasteiger partial charge in [-0.1, -0.05) is 13.8 Å². The largest absolute Gasteiger partial charge is 0.384 e. The molecule has 0 aromatic carbocycles. The van der Waals surface area contributed by atoms with Gasteiger partial charge in [-0.3, -0.25) is 4.79 Å². The van der Waals surface area contributed by atoms with Crippen molar-refractivity contribution in [2.45, 2.75) is 19.8 Å². The Morgan fingerprint density at radius 1 is 1.39 bits per heavy atom. The molecule has 1 fully saturated rings. The topological polar surface area (TPSA) is 68.5 Å². The van der Waals surface area contributed by atoms with Crippen LogP contribution in [0.3, 0.4) is 0 Å². The van der Waals surface area contributed by atoms with E-state index in [1.165, 1.54) is 0 Å². The van der Waals surface area contributed by atoms with E-state index in [4.69, 9.17) is 10.5 Å². The highest BCUT2D eigenvalue weighted by Crippen LogP contribution is 2.17. The first-order valence-electron chi connectivity index (χ1n) is 6.22. The maximum atomic E-state index is 12.3.